The van der Waals surface area contributed by atoms with E-state index >= 15 is 4.39 Å². The molecule has 1 saturated heterocycles. The molecule has 39 heavy (non-hydrogen) atoms. The summed E-state index contributed by atoms with van der Waals surface area (Å²) in [6.07, 6.45) is 5.15. The van der Waals surface area contributed by atoms with Crippen molar-refractivity contribution >= 4 is 28.7 Å². The monoisotopic (exact) mass is 533 g/mol. The van der Waals surface area contributed by atoms with Crippen LogP contribution in [0.2, 0.25) is 0 Å². The average Bonchev–Trinajstić information content (AvgIpc) is 3.34. The number of primary amides is 1. The zero-order valence-electron chi connectivity index (χ0n) is 21.5. The van der Waals surface area contributed by atoms with Gasteiger partial charge in [-0.05, 0) is 31.6 Å². The van der Waals surface area contributed by atoms with Gasteiger partial charge in [0.15, 0.2) is 11.5 Å². The van der Waals surface area contributed by atoms with Gasteiger partial charge in [-0.1, -0.05) is 11.8 Å². The van der Waals surface area contributed by atoms with Gasteiger partial charge in [-0.15, -0.1) is 0 Å². The van der Waals surface area contributed by atoms with Crippen molar-refractivity contribution in [1.82, 2.24) is 24.2 Å². The maximum Gasteiger partial charge on any atom is 0.302 e. The molecule has 10 nitrogen and oxygen atoms in total. The van der Waals surface area contributed by atoms with E-state index < -0.39 is 35.1 Å². The molecule has 0 spiro atoms. The van der Waals surface area contributed by atoms with Crippen LogP contribution in [0.4, 0.5) is 14.6 Å². The number of aromatic nitrogens is 4. The Hall–Kier alpha value is -4.84. The number of likely N-dealkylation sites (tertiary alicyclic amines) is 1. The molecule has 3 aromatic rings. The van der Waals surface area contributed by atoms with Gasteiger partial charge in [0.2, 0.25) is 0 Å². The van der Waals surface area contributed by atoms with Gasteiger partial charge < -0.3 is 25.3 Å². The summed E-state index contributed by atoms with van der Waals surface area (Å²) in [6, 6.07) is 0.983. The highest BCUT2D eigenvalue weighted by molar-refractivity contribution is 6.00. The third kappa shape index (κ3) is 4.55. The number of methoxy groups -OCH3 is 1. The second-order valence-electron chi connectivity index (χ2n) is 9.17. The number of hydrogen-bond donors (Lipinski definition) is 2. The van der Waals surface area contributed by atoms with Crippen molar-refractivity contribution in [3.05, 3.63) is 52.8 Å². The first kappa shape index (κ1) is 25.8. The molecule has 0 radical (unpaired) electrons. The zero-order chi connectivity index (χ0) is 27.8. The zero-order valence-corrected chi connectivity index (χ0v) is 21.5. The quantitative estimate of drug-likeness (QED) is 0.384. The maximum absolute atomic E-state index is 15.3. The van der Waals surface area contributed by atoms with Gasteiger partial charge in [0.1, 0.15) is 29.0 Å². The van der Waals surface area contributed by atoms with Crippen molar-refractivity contribution in [2.24, 2.45) is 5.73 Å². The Morgan fingerprint density at radius 2 is 2.03 bits per heavy atom. The number of hydrogen-bond acceptors (Lipinski definition) is 6. The number of nitrogens with one attached hydrogen (secondary N) is 1. The summed E-state index contributed by atoms with van der Waals surface area (Å²) in [4.78, 5) is 30.5. The Morgan fingerprint density at radius 3 is 2.67 bits per heavy atom. The van der Waals surface area contributed by atoms with Crippen LogP contribution in [-0.2, 0) is 9.53 Å². The molecule has 2 amide bonds. The highest BCUT2D eigenvalue weighted by Crippen LogP contribution is 2.38. The molecule has 2 fully saturated rings. The van der Waals surface area contributed by atoms with Crippen LogP contribution in [0.25, 0.3) is 11.0 Å². The van der Waals surface area contributed by atoms with E-state index in [-0.39, 0.29) is 35.2 Å². The van der Waals surface area contributed by atoms with Gasteiger partial charge in [0.05, 0.1) is 36.3 Å². The van der Waals surface area contributed by atoms with E-state index in [4.69, 9.17) is 10.5 Å². The molecule has 1 aromatic carbocycles. The fourth-order valence-corrected chi connectivity index (χ4v) is 4.78. The van der Waals surface area contributed by atoms with Gasteiger partial charge in [-0.2, -0.15) is 5.10 Å². The molecule has 0 unspecified atom stereocenters. The normalized spacial score (nSPS) is 17.5. The van der Waals surface area contributed by atoms with Crippen molar-refractivity contribution in [2.75, 3.05) is 26.0 Å². The number of carbonyl (C=O) groups is 2. The molecule has 1 aliphatic carbocycles. The summed E-state index contributed by atoms with van der Waals surface area (Å²) in [7, 11) is 3.04. The van der Waals surface area contributed by atoms with E-state index in [0.717, 1.165) is 12.8 Å². The summed E-state index contributed by atoms with van der Waals surface area (Å²) < 4.78 is 38.6. The Balaban J connectivity index is 1.56. The Bertz CT molecular complexity index is 1660. The molecule has 3 heterocycles. The second kappa shape index (κ2) is 10.1. The molecule has 3 N–H and O–H groups in total. The van der Waals surface area contributed by atoms with Crippen molar-refractivity contribution in [1.29, 1.82) is 0 Å². The van der Waals surface area contributed by atoms with E-state index in [1.54, 1.807) is 18.5 Å². The summed E-state index contributed by atoms with van der Waals surface area (Å²) in [5.74, 6) is 7.49. The topological polar surface area (TPSA) is 120 Å². The third-order valence-corrected chi connectivity index (χ3v) is 6.66. The number of carbonyl (C=O) groups excluding carboxylic acids is 2. The van der Waals surface area contributed by atoms with E-state index in [1.807, 2.05) is 0 Å². The van der Waals surface area contributed by atoms with Crippen molar-refractivity contribution in [2.45, 2.75) is 38.3 Å². The van der Waals surface area contributed by atoms with Crippen LogP contribution in [0.1, 0.15) is 59.9 Å². The van der Waals surface area contributed by atoms with Crippen LogP contribution in [0.5, 0.6) is 0 Å². The highest BCUT2D eigenvalue weighted by Gasteiger charge is 2.35. The molecule has 12 heteroatoms. The van der Waals surface area contributed by atoms with E-state index in [1.165, 1.54) is 35.3 Å². The predicted octanol–water partition coefficient (Wildman–Crippen LogP) is 2.67. The summed E-state index contributed by atoms with van der Waals surface area (Å²) in [5, 5.41) is 7.38. The van der Waals surface area contributed by atoms with Crippen LogP contribution in [0, 0.1) is 35.3 Å². The first-order chi connectivity index (χ1) is 18.8. The summed E-state index contributed by atoms with van der Waals surface area (Å²) in [6.45, 7) is 1.75. The largest absolute Gasteiger partial charge is 0.503 e. The number of benzene rings is 1. The number of imidazole rings is 1. The number of ether oxygens (including phenoxy) is 1. The number of amides is 2. The number of rotatable bonds is 5. The molecule has 1 saturated carbocycles. The van der Waals surface area contributed by atoms with E-state index in [9.17, 15) is 14.0 Å². The fraction of sp³-hybridized carbons (Fsp3) is 0.333. The minimum Gasteiger partial charge on any atom is -0.503 e. The number of nitrogens with zero attached hydrogens (tertiary/aromatic N) is 5. The van der Waals surface area contributed by atoms with Crippen molar-refractivity contribution < 1.29 is 23.1 Å². The maximum atomic E-state index is 15.3. The predicted molar refractivity (Wildman–Crippen MR) is 138 cm³/mol. The molecule has 2 aliphatic rings. The number of allylic oxidation sites excluding steroid dienone is 1. The molecule has 1 aliphatic heterocycles. The molecule has 200 valence electrons. The number of anilines is 1. The Morgan fingerprint density at radius 1 is 1.26 bits per heavy atom. The lowest BCUT2D eigenvalue weighted by Crippen LogP contribution is -2.27. The van der Waals surface area contributed by atoms with Crippen molar-refractivity contribution in [3.8, 4) is 23.7 Å². The van der Waals surface area contributed by atoms with Crippen LogP contribution in [0.3, 0.4) is 0 Å². The third-order valence-electron chi connectivity index (χ3n) is 6.66. The molecular formula is C27H25F2N7O3. The second-order valence-corrected chi connectivity index (χ2v) is 9.17. The fourth-order valence-electron chi connectivity index (χ4n) is 4.78. The first-order valence-electron chi connectivity index (χ1n) is 12.2. The van der Waals surface area contributed by atoms with Gasteiger partial charge in [0, 0.05) is 32.1 Å². The molecule has 5 rings (SSSR count). The lowest BCUT2D eigenvalue weighted by molar-refractivity contribution is -0.122. The number of nitrogens with two attached hydrogens (primary N) is 1. The molecule has 0 bridgehead atoms. The summed E-state index contributed by atoms with van der Waals surface area (Å²) in [5.41, 5.74) is 6.03. The van der Waals surface area contributed by atoms with Crippen molar-refractivity contribution in [3.63, 3.8) is 0 Å². The minimum atomic E-state index is -0.887. The number of fused-ring (bicyclic) bond motifs is 1. The van der Waals surface area contributed by atoms with Crippen LogP contribution >= 0.6 is 0 Å². The lowest BCUT2D eigenvalue weighted by atomic mass is 10.1. The van der Waals surface area contributed by atoms with E-state index in [2.05, 4.69) is 39.1 Å². The standard InChI is InChI=1S/C27H25F2N7O3/c1-4-5-22(37)34-12-16(10-17(34)13-39-3)36-27(31-2)23(26(30)38)20(33-36)9-8-18-19(28)11-21-25(24(18)29)32-14-35(21)15-6-7-15/h11,13-16,31H,6-7,10,12H2,1-3H3,(H2,30,38)/b17-13+/t16-/m0/s1. The highest BCUT2D eigenvalue weighted by atomic mass is 19.1. The number of halogens is 2. The smallest absolute Gasteiger partial charge is 0.302 e. The van der Waals surface area contributed by atoms with Crippen LogP contribution in [-0.4, -0.2) is 56.7 Å². The minimum absolute atomic E-state index is 0.0209. The summed E-state index contributed by atoms with van der Waals surface area (Å²) >= 11 is 0. The first-order valence-corrected chi connectivity index (χ1v) is 12.2. The van der Waals surface area contributed by atoms with Crippen LogP contribution < -0.4 is 11.1 Å². The molecule has 2 aromatic heterocycles. The Labute approximate surface area is 222 Å². The lowest BCUT2D eigenvalue weighted by Gasteiger charge is -2.16. The molecule has 1 atom stereocenters. The van der Waals surface area contributed by atoms with Gasteiger partial charge >= 0.3 is 5.91 Å². The van der Waals surface area contributed by atoms with E-state index in [0.29, 0.717) is 17.6 Å². The average molecular weight is 534 g/mol. The van der Waals surface area contributed by atoms with Gasteiger partial charge in [-0.3, -0.25) is 9.59 Å². The SMILES string of the molecule is CC#CC(=O)N1C[C@@H](n2nc(C#Cc3c(F)cc4c(ncn4C4CC4)c3F)c(C(N)=O)c2NC)C/C1=C\OC. The van der Waals surface area contributed by atoms with Gasteiger partial charge in [0.25, 0.3) is 5.91 Å². The van der Waals surface area contributed by atoms with Gasteiger partial charge in [-0.25, -0.2) is 18.4 Å². The Kier molecular flexibility index (Phi) is 6.71. The van der Waals surface area contributed by atoms with Crippen LogP contribution in [0.15, 0.2) is 24.4 Å². The molecular weight excluding hydrogens is 508 g/mol.